The third-order valence-electron chi connectivity index (χ3n) is 3.63. The summed E-state index contributed by atoms with van der Waals surface area (Å²) in [7, 11) is 2.12. The minimum absolute atomic E-state index is 0.00829. The van der Waals surface area contributed by atoms with Gasteiger partial charge in [0.15, 0.2) is 0 Å². The summed E-state index contributed by atoms with van der Waals surface area (Å²) in [6.45, 7) is 6.68. The van der Waals surface area contributed by atoms with E-state index in [4.69, 9.17) is 5.73 Å². The number of rotatable bonds is 5. The lowest BCUT2D eigenvalue weighted by atomic mass is 10.2. The molecular formula is C14H24N4. The molecule has 2 heterocycles. The first-order chi connectivity index (χ1) is 8.66. The second kappa shape index (κ2) is 6.16. The SMILES string of the molecule is C[C@@H](N)c1ccc(N(C)CCN2CCCC2)cn1. The van der Waals surface area contributed by atoms with Crippen LogP contribution in [0.5, 0.6) is 0 Å². The molecule has 18 heavy (non-hydrogen) atoms. The third kappa shape index (κ3) is 3.43. The van der Waals surface area contributed by atoms with Crippen molar-refractivity contribution in [2.75, 3.05) is 38.1 Å². The van der Waals surface area contributed by atoms with E-state index in [0.717, 1.165) is 18.8 Å². The van der Waals surface area contributed by atoms with Crippen molar-refractivity contribution in [3.8, 4) is 0 Å². The zero-order valence-corrected chi connectivity index (χ0v) is 11.5. The quantitative estimate of drug-likeness (QED) is 0.860. The van der Waals surface area contributed by atoms with Gasteiger partial charge in [-0.1, -0.05) is 0 Å². The summed E-state index contributed by atoms with van der Waals surface area (Å²) < 4.78 is 0. The van der Waals surface area contributed by atoms with Crippen LogP contribution in [0.1, 0.15) is 31.5 Å². The molecule has 100 valence electrons. The summed E-state index contributed by atoms with van der Waals surface area (Å²) in [5, 5.41) is 0. The fraction of sp³-hybridized carbons (Fsp3) is 0.643. The van der Waals surface area contributed by atoms with Gasteiger partial charge in [-0.05, 0) is 45.0 Å². The van der Waals surface area contributed by atoms with Gasteiger partial charge in [0.1, 0.15) is 0 Å². The van der Waals surface area contributed by atoms with Crippen LogP contribution in [0, 0.1) is 0 Å². The predicted octanol–water partition coefficient (Wildman–Crippen LogP) is 1.63. The van der Waals surface area contributed by atoms with Crippen molar-refractivity contribution in [2.24, 2.45) is 5.73 Å². The number of hydrogen-bond acceptors (Lipinski definition) is 4. The van der Waals surface area contributed by atoms with Crippen LogP contribution < -0.4 is 10.6 Å². The number of anilines is 1. The highest BCUT2D eigenvalue weighted by atomic mass is 15.2. The van der Waals surface area contributed by atoms with Crippen molar-refractivity contribution < 1.29 is 0 Å². The van der Waals surface area contributed by atoms with Gasteiger partial charge in [-0.25, -0.2) is 0 Å². The van der Waals surface area contributed by atoms with Crippen molar-refractivity contribution >= 4 is 5.69 Å². The van der Waals surface area contributed by atoms with E-state index >= 15 is 0 Å². The number of nitrogens with zero attached hydrogens (tertiary/aromatic N) is 3. The van der Waals surface area contributed by atoms with Crippen LogP contribution in [0.15, 0.2) is 18.3 Å². The average molecular weight is 248 g/mol. The van der Waals surface area contributed by atoms with Gasteiger partial charge < -0.3 is 15.5 Å². The molecule has 0 bridgehead atoms. The second-order valence-electron chi connectivity index (χ2n) is 5.20. The Morgan fingerprint density at radius 3 is 2.67 bits per heavy atom. The molecule has 1 aromatic heterocycles. The molecule has 2 rings (SSSR count). The van der Waals surface area contributed by atoms with Gasteiger partial charge in [0, 0.05) is 26.2 Å². The molecule has 1 aliphatic rings. The fourth-order valence-electron chi connectivity index (χ4n) is 2.32. The van der Waals surface area contributed by atoms with E-state index in [1.165, 1.54) is 31.6 Å². The molecule has 1 atom stereocenters. The number of likely N-dealkylation sites (tertiary alicyclic amines) is 1. The Labute approximate surface area is 110 Å². The normalized spacial score (nSPS) is 17.9. The predicted molar refractivity (Wildman–Crippen MR) is 75.8 cm³/mol. The molecule has 4 heteroatoms. The van der Waals surface area contributed by atoms with Gasteiger partial charge in [-0.2, -0.15) is 0 Å². The highest BCUT2D eigenvalue weighted by Crippen LogP contribution is 2.14. The summed E-state index contributed by atoms with van der Waals surface area (Å²) in [6, 6.07) is 4.14. The van der Waals surface area contributed by atoms with Crippen molar-refractivity contribution in [1.82, 2.24) is 9.88 Å². The summed E-state index contributed by atoms with van der Waals surface area (Å²) in [4.78, 5) is 9.19. The third-order valence-corrected chi connectivity index (χ3v) is 3.63. The highest BCUT2D eigenvalue weighted by molar-refractivity contribution is 5.43. The molecule has 1 saturated heterocycles. The van der Waals surface area contributed by atoms with Crippen molar-refractivity contribution in [1.29, 1.82) is 0 Å². The molecule has 0 unspecified atom stereocenters. The van der Waals surface area contributed by atoms with Crippen LogP contribution in [0.2, 0.25) is 0 Å². The number of nitrogens with two attached hydrogens (primary N) is 1. The maximum absolute atomic E-state index is 5.80. The average Bonchev–Trinajstić information content (AvgIpc) is 2.89. The van der Waals surface area contributed by atoms with Gasteiger partial charge in [0.05, 0.1) is 17.6 Å². The number of likely N-dealkylation sites (N-methyl/N-ethyl adjacent to an activating group) is 1. The van der Waals surface area contributed by atoms with E-state index in [-0.39, 0.29) is 6.04 Å². The fourth-order valence-corrected chi connectivity index (χ4v) is 2.32. The standard InChI is InChI=1S/C14H24N4/c1-12(15)14-6-5-13(11-16-14)17(2)9-10-18-7-3-4-8-18/h5-6,11-12H,3-4,7-10,15H2,1-2H3/t12-/m1/s1. The Bertz CT molecular complexity index is 355. The first-order valence-electron chi connectivity index (χ1n) is 6.82. The van der Waals surface area contributed by atoms with Crippen LogP contribution in [-0.2, 0) is 0 Å². The van der Waals surface area contributed by atoms with Crippen molar-refractivity contribution in [3.63, 3.8) is 0 Å². The first-order valence-corrected chi connectivity index (χ1v) is 6.82. The lowest BCUT2D eigenvalue weighted by Gasteiger charge is -2.23. The smallest absolute Gasteiger partial charge is 0.0569 e. The summed E-state index contributed by atoms with van der Waals surface area (Å²) in [6.07, 6.45) is 4.63. The Balaban J connectivity index is 1.85. The van der Waals surface area contributed by atoms with Crippen molar-refractivity contribution in [2.45, 2.75) is 25.8 Å². The van der Waals surface area contributed by atoms with Crippen LogP contribution in [0.25, 0.3) is 0 Å². The molecule has 1 fully saturated rings. The summed E-state index contributed by atoms with van der Waals surface area (Å²) in [5.74, 6) is 0. The number of hydrogen-bond donors (Lipinski definition) is 1. The van der Waals surface area contributed by atoms with E-state index in [9.17, 15) is 0 Å². The maximum Gasteiger partial charge on any atom is 0.0569 e. The topological polar surface area (TPSA) is 45.4 Å². The highest BCUT2D eigenvalue weighted by Gasteiger charge is 2.12. The Morgan fingerprint density at radius 1 is 1.39 bits per heavy atom. The largest absolute Gasteiger partial charge is 0.372 e. The van der Waals surface area contributed by atoms with E-state index in [0.29, 0.717) is 0 Å². The van der Waals surface area contributed by atoms with Crippen LogP contribution in [0.4, 0.5) is 5.69 Å². The zero-order valence-electron chi connectivity index (χ0n) is 11.5. The molecule has 0 saturated carbocycles. The van der Waals surface area contributed by atoms with Gasteiger partial charge in [0.2, 0.25) is 0 Å². The summed E-state index contributed by atoms with van der Waals surface area (Å²) in [5.41, 5.74) is 7.91. The number of aromatic nitrogens is 1. The van der Waals surface area contributed by atoms with Gasteiger partial charge in [-0.3, -0.25) is 4.98 Å². The Morgan fingerprint density at radius 2 is 2.11 bits per heavy atom. The lowest BCUT2D eigenvalue weighted by Crippen LogP contribution is -2.31. The lowest BCUT2D eigenvalue weighted by molar-refractivity contribution is 0.346. The molecule has 0 aliphatic carbocycles. The van der Waals surface area contributed by atoms with E-state index in [1.54, 1.807) is 0 Å². The minimum atomic E-state index is 0.00829. The van der Waals surface area contributed by atoms with Crippen LogP contribution in [0.3, 0.4) is 0 Å². The molecule has 0 aromatic carbocycles. The molecule has 1 aliphatic heterocycles. The maximum atomic E-state index is 5.80. The molecular weight excluding hydrogens is 224 g/mol. The molecule has 2 N–H and O–H groups in total. The second-order valence-corrected chi connectivity index (χ2v) is 5.20. The van der Waals surface area contributed by atoms with Crippen molar-refractivity contribution in [3.05, 3.63) is 24.0 Å². The monoisotopic (exact) mass is 248 g/mol. The molecule has 0 amide bonds. The summed E-state index contributed by atoms with van der Waals surface area (Å²) >= 11 is 0. The van der Waals surface area contributed by atoms with Gasteiger partial charge in [0.25, 0.3) is 0 Å². The van der Waals surface area contributed by atoms with E-state index < -0.39 is 0 Å². The van der Waals surface area contributed by atoms with E-state index in [1.807, 2.05) is 19.2 Å². The first kappa shape index (κ1) is 13.3. The number of pyridine rings is 1. The molecule has 1 aromatic rings. The van der Waals surface area contributed by atoms with E-state index in [2.05, 4.69) is 27.9 Å². The van der Waals surface area contributed by atoms with Crippen LogP contribution in [-0.4, -0.2) is 43.1 Å². The Kier molecular flexibility index (Phi) is 4.55. The molecule has 0 spiro atoms. The molecule has 0 radical (unpaired) electrons. The Hall–Kier alpha value is -1.13. The minimum Gasteiger partial charge on any atom is -0.372 e. The van der Waals surface area contributed by atoms with Gasteiger partial charge >= 0.3 is 0 Å². The molecule has 4 nitrogen and oxygen atoms in total. The van der Waals surface area contributed by atoms with Gasteiger partial charge in [-0.15, -0.1) is 0 Å². The van der Waals surface area contributed by atoms with Crippen LogP contribution >= 0.6 is 0 Å². The zero-order chi connectivity index (χ0) is 13.0.